The summed E-state index contributed by atoms with van der Waals surface area (Å²) in [4.78, 5) is 0. The summed E-state index contributed by atoms with van der Waals surface area (Å²) >= 11 is 9.75. The molecular formula is C26H29BrClNO4. The van der Waals surface area contributed by atoms with Gasteiger partial charge in [-0.3, -0.25) is 0 Å². The summed E-state index contributed by atoms with van der Waals surface area (Å²) in [6.07, 6.45) is 0.872. The Morgan fingerprint density at radius 1 is 0.848 bits per heavy atom. The highest BCUT2D eigenvalue weighted by atomic mass is 79.9. The number of nitrogens with one attached hydrogen (secondary N) is 1. The zero-order valence-electron chi connectivity index (χ0n) is 19.1. The monoisotopic (exact) mass is 533 g/mol. The van der Waals surface area contributed by atoms with Crippen LogP contribution in [0.3, 0.4) is 0 Å². The Kier molecular flexibility index (Phi) is 9.73. The van der Waals surface area contributed by atoms with Crippen molar-refractivity contribution >= 4 is 27.5 Å². The number of ether oxygens (including phenoxy) is 4. The summed E-state index contributed by atoms with van der Waals surface area (Å²) in [7, 11) is 3.29. The van der Waals surface area contributed by atoms with E-state index >= 15 is 0 Å². The van der Waals surface area contributed by atoms with Gasteiger partial charge in [-0.1, -0.05) is 45.7 Å². The van der Waals surface area contributed by atoms with Gasteiger partial charge in [-0.25, -0.2) is 0 Å². The Morgan fingerprint density at radius 3 is 2.36 bits per heavy atom. The molecular weight excluding hydrogens is 506 g/mol. The van der Waals surface area contributed by atoms with E-state index in [9.17, 15) is 0 Å². The van der Waals surface area contributed by atoms with Gasteiger partial charge in [0, 0.05) is 16.0 Å². The van der Waals surface area contributed by atoms with Crippen LogP contribution in [0.5, 0.6) is 23.0 Å². The largest absolute Gasteiger partial charge is 0.493 e. The van der Waals surface area contributed by atoms with E-state index in [1.165, 1.54) is 5.56 Å². The minimum Gasteiger partial charge on any atom is -0.493 e. The summed E-state index contributed by atoms with van der Waals surface area (Å²) in [6.45, 7) is 4.45. The van der Waals surface area contributed by atoms with Gasteiger partial charge in [-0.05, 0) is 73.0 Å². The molecule has 33 heavy (non-hydrogen) atoms. The smallest absolute Gasteiger partial charge is 0.162 e. The molecule has 0 aromatic heterocycles. The van der Waals surface area contributed by atoms with Crippen molar-refractivity contribution in [2.45, 2.75) is 26.5 Å². The molecule has 0 atom stereocenters. The zero-order valence-corrected chi connectivity index (χ0v) is 21.5. The standard InChI is InChI=1S/C26H29BrClNO4/c1-4-32-25-14-20(16-29-11-10-18-8-9-23(30-2)24(13-18)31-3)22(27)15-26(25)33-17-19-6-5-7-21(28)12-19/h5-9,12-15,29H,4,10-11,16-17H2,1-3H3. The maximum Gasteiger partial charge on any atom is 0.162 e. The topological polar surface area (TPSA) is 49.0 Å². The molecule has 0 heterocycles. The lowest BCUT2D eigenvalue weighted by atomic mass is 10.1. The average Bonchev–Trinajstić information content (AvgIpc) is 2.82. The zero-order chi connectivity index (χ0) is 23.6. The third-order valence-electron chi connectivity index (χ3n) is 5.05. The molecule has 3 rings (SSSR count). The highest BCUT2D eigenvalue weighted by molar-refractivity contribution is 9.10. The molecule has 0 saturated carbocycles. The Balaban J connectivity index is 1.60. The van der Waals surface area contributed by atoms with Crippen molar-refractivity contribution in [3.8, 4) is 23.0 Å². The first-order valence-electron chi connectivity index (χ1n) is 10.8. The fraction of sp³-hybridized carbons (Fsp3) is 0.308. The van der Waals surface area contributed by atoms with Crippen LogP contribution in [0.1, 0.15) is 23.6 Å². The fourth-order valence-electron chi connectivity index (χ4n) is 3.37. The fourth-order valence-corrected chi connectivity index (χ4v) is 4.05. The van der Waals surface area contributed by atoms with Gasteiger partial charge >= 0.3 is 0 Å². The summed E-state index contributed by atoms with van der Waals surface area (Å²) < 4.78 is 23.5. The number of hydrogen-bond acceptors (Lipinski definition) is 5. The van der Waals surface area contributed by atoms with Gasteiger partial charge in [-0.15, -0.1) is 0 Å². The molecule has 3 aromatic rings. The van der Waals surface area contributed by atoms with Crippen LogP contribution in [0.2, 0.25) is 5.02 Å². The van der Waals surface area contributed by atoms with E-state index in [-0.39, 0.29) is 0 Å². The van der Waals surface area contributed by atoms with Crippen molar-refractivity contribution < 1.29 is 18.9 Å². The van der Waals surface area contributed by atoms with Crippen LogP contribution in [0.15, 0.2) is 59.1 Å². The molecule has 0 amide bonds. The Bertz CT molecular complexity index is 1060. The summed E-state index contributed by atoms with van der Waals surface area (Å²) in [6, 6.07) is 17.6. The highest BCUT2D eigenvalue weighted by Crippen LogP contribution is 2.34. The number of hydrogen-bond donors (Lipinski definition) is 1. The molecule has 5 nitrogen and oxygen atoms in total. The number of benzene rings is 3. The van der Waals surface area contributed by atoms with Gasteiger partial charge in [0.05, 0.1) is 20.8 Å². The van der Waals surface area contributed by atoms with Crippen LogP contribution < -0.4 is 24.3 Å². The highest BCUT2D eigenvalue weighted by Gasteiger charge is 2.12. The molecule has 0 unspecified atom stereocenters. The predicted molar refractivity (Wildman–Crippen MR) is 136 cm³/mol. The lowest BCUT2D eigenvalue weighted by molar-refractivity contribution is 0.269. The van der Waals surface area contributed by atoms with E-state index in [0.29, 0.717) is 30.5 Å². The van der Waals surface area contributed by atoms with E-state index in [1.807, 2.05) is 55.5 Å². The molecule has 176 valence electrons. The van der Waals surface area contributed by atoms with E-state index in [4.69, 9.17) is 30.5 Å². The lowest BCUT2D eigenvalue weighted by Gasteiger charge is -2.16. The summed E-state index contributed by atoms with van der Waals surface area (Å²) in [5, 5.41) is 4.19. The molecule has 0 saturated heterocycles. The molecule has 0 spiro atoms. The number of halogens is 2. The van der Waals surface area contributed by atoms with Gasteiger partial charge in [0.25, 0.3) is 0 Å². The third-order valence-corrected chi connectivity index (χ3v) is 6.02. The van der Waals surface area contributed by atoms with Gasteiger partial charge in [0.1, 0.15) is 6.61 Å². The minimum absolute atomic E-state index is 0.413. The molecule has 0 bridgehead atoms. The lowest BCUT2D eigenvalue weighted by Crippen LogP contribution is -2.17. The predicted octanol–water partition coefficient (Wildman–Crippen LogP) is 6.43. The first-order valence-corrected chi connectivity index (χ1v) is 11.9. The van der Waals surface area contributed by atoms with Crippen LogP contribution in [0.25, 0.3) is 0 Å². The Labute approximate surface area is 209 Å². The molecule has 0 aliphatic heterocycles. The van der Waals surface area contributed by atoms with Crippen molar-refractivity contribution in [1.82, 2.24) is 5.32 Å². The van der Waals surface area contributed by atoms with Crippen molar-refractivity contribution in [3.63, 3.8) is 0 Å². The van der Waals surface area contributed by atoms with E-state index in [1.54, 1.807) is 14.2 Å². The van der Waals surface area contributed by atoms with Crippen molar-refractivity contribution in [3.05, 3.63) is 80.8 Å². The normalized spacial score (nSPS) is 10.7. The quantitative estimate of drug-likeness (QED) is 0.271. The first-order chi connectivity index (χ1) is 16.0. The summed E-state index contributed by atoms with van der Waals surface area (Å²) in [5.74, 6) is 2.89. The maximum absolute atomic E-state index is 6.08. The van der Waals surface area contributed by atoms with E-state index < -0.39 is 0 Å². The van der Waals surface area contributed by atoms with E-state index in [2.05, 4.69) is 27.3 Å². The maximum atomic E-state index is 6.08. The average molecular weight is 535 g/mol. The van der Waals surface area contributed by atoms with Crippen molar-refractivity contribution in [2.75, 3.05) is 27.4 Å². The molecule has 0 radical (unpaired) electrons. The van der Waals surface area contributed by atoms with Crippen LogP contribution in [-0.4, -0.2) is 27.4 Å². The third kappa shape index (κ3) is 7.29. The molecule has 7 heteroatoms. The molecule has 1 N–H and O–H groups in total. The van der Waals surface area contributed by atoms with Gasteiger partial charge in [-0.2, -0.15) is 0 Å². The molecule has 0 aliphatic rings. The van der Waals surface area contributed by atoms with Crippen LogP contribution >= 0.6 is 27.5 Å². The van der Waals surface area contributed by atoms with Gasteiger partial charge in [0.2, 0.25) is 0 Å². The SMILES string of the molecule is CCOc1cc(CNCCc2ccc(OC)c(OC)c2)c(Br)cc1OCc1cccc(Cl)c1. The van der Waals surface area contributed by atoms with Gasteiger partial charge in [0.15, 0.2) is 23.0 Å². The van der Waals surface area contributed by atoms with Crippen LogP contribution in [0, 0.1) is 0 Å². The molecule has 3 aromatic carbocycles. The van der Waals surface area contributed by atoms with Crippen molar-refractivity contribution in [1.29, 1.82) is 0 Å². The second kappa shape index (κ2) is 12.7. The van der Waals surface area contributed by atoms with E-state index in [0.717, 1.165) is 45.8 Å². The van der Waals surface area contributed by atoms with Crippen LogP contribution in [-0.2, 0) is 19.6 Å². The Hall–Kier alpha value is -2.41. The number of methoxy groups -OCH3 is 2. The van der Waals surface area contributed by atoms with Crippen LogP contribution in [0.4, 0.5) is 0 Å². The second-order valence-electron chi connectivity index (χ2n) is 7.36. The Morgan fingerprint density at radius 2 is 1.64 bits per heavy atom. The van der Waals surface area contributed by atoms with Crippen molar-refractivity contribution in [2.24, 2.45) is 0 Å². The van der Waals surface area contributed by atoms with Gasteiger partial charge < -0.3 is 24.3 Å². The molecule has 0 aliphatic carbocycles. The number of rotatable bonds is 12. The first kappa shape index (κ1) is 25.2. The second-order valence-corrected chi connectivity index (χ2v) is 8.65. The minimum atomic E-state index is 0.413. The molecule has 0 fully saturated rings. The summed E-state index contributed by atoms with van der Waals surface area (Å²) in [5.41, 5.74) is 3.28.